The van der Waals surface area contributed by atoms with E-state index in [1.165, 1.54) is 25.7 Å². The molecule has 1 aliphatic rings. The Morgan fingerprint density at radius 1 is 1.45 bits per heavy atom. The first-order valence-corrected chi connectivity index (χ1v) is 7.37. The van der Waals surface area contributed by atoms with Crippen molar-refractivity contribution >= 4 is 11.7 Å². The van der Waals surface area contributed by atoms with E-state index in [4.69, 9.17) is 0 Å². The second kappa shape index (κ2) is 6.27. The first-order valence-electron chi connectivity index (χ1n) is 7.37. The van der Waals surface area contributed by atoms with E-state index < -0.39 is 6.10 Å². The van der Waals surface area contributed by atoms with Crippen LogP contribution in [0.3, 0.4) is 0 Å². The lowest BCUT2D eigenvalue weighted by Gasteiger charge is -2.15. The van der Waals surface area contributed by atoms with Crippen LogP contribution in [0.5, 0.6) is 0 Å². The molecule has 0 aliphatic heterocycles. The third-order valence-corrected chi connectivity index (χ3v) is 3.99. The van der Waals surface area contributed by atoms with Gasteiger partial charge < -0.3 is 15.7 Å². The SMILES string of the molecule is CCCC1(CNC(=O)Nc2cccc(C(C)O)c2)CC1. The molecule has 0 spiro atoms. The molecule has 0 heterocycles. The lowest BCUT2D eigenvalue weighted by atomic mass is 10.0. The lowest BCUT2D eigenvalue weighted by molar-refractivity contribution is 0.199. The highest BCUT2D eigenvalue weighted by Gasteiger charge is 2.41. The van der Waals surface area contributed by atoms with E-state index in [-0.39, 0.29) is 6.03 Å². The Hall–Kier alpha value is -1.55. The Morgan fingerprint density at radius 2 is 2.20 bits per heavy atom. The van der Waals surface area contributed by atoms with Crippen LogP contribution in [0.1, 0.15) is 51.2 Å². The molecule has 0 bridgehead atoms. The number of urea groups is 1. The normalized spacial score (nSPS) is 17.4. The largest absolute Gasteiger partial charge is 0.389 e. The molecule has 1 aromatic rings. The van der Waals surface area contributed by atoms with Gasteiger partial charge >= 0.3 is 6.03 Å². The number of rotatable bonds is 6. The minimum absolute atomic E-state index is 0.171. The van der Waals surface area contributed by atoms with Gasteiger partial charge in [0.15, 0.2) is 0 Å². The van der Waals surface area contributed by atoms with Crippen LogP contribution in [0, 0.1) is 5.41 Å². The van der Waals surface area contributed by atoms with Crippen molar-refractivity contribution in [3.05, 3.63) is 29.8 Å². The Morgan fingerprint density at radius 3 is 2.80 bits per heavy atom. The molecule has 1 aliphatic carbocycles. The van der Waals surface area contributed by atoms with Crippen LogP contribution in [0.15, 0.2) is 24.3 Å². The summed E-state index contributed by atoms with van der Waals surface area (Å²) in [5, 5.41) is 15.3. The number of benzene rings is 1. The molecule has 2 rings (SSSR count). The number of aliphatic hydroxyl groups excluding tert-OH is 1. The number of carbonyl (C=O) groups excluding carboxylic acids is 1. The Labute approximate surface area is 120 Å². The predicted molar refractivity (Wildman–Crippen MR) is 80.7 cm³/mol. The molecule has 1 atom stereocenters. The molecule has 0 saturated heterocycles. The van der Waals surface area contributed by atoms with Crippen LogP contribution < -0.4 is 10.6 Å². The van der Waals surface area contributed by atoms with E-state index in [0.29, 0.717) is 11.1 Å². The van der Waals surface area contributed by atoms with Crippen molar-refractivity contribution in [3.63, 3.8) is 0 Å². The maximum Gasteiger partial charge on any atom is 0.319 e. The van der Waals surface area contributed by atoms with E-state index in [2.05, 4.69) is 17.6 Å². The van der Waals surface area contributed by atoms with Gasteiger partial charge in [-0.15, -0.1) is 0 Å². The Kier molecular flexibility index (Phi) is 4.65. The van der Waals surface area contributed by atoms with Gasteiger partial charge in [0.05, 0.1) is 6.10 Å². The molecule has 1 saturated carbocycles. The molecule has 1 aromatic carbocycles. The molecule has 0 radical (unpaired) electrons. The molecule has 3 N–H and O–H groups in total. The zero-order valence-electron chi connectivity index (χ0n) is 12.3. The number of nitrogens with one attached hydrogen (secondary N) is 2. The third kappa shape index (κ3) is 3.97. The molecule has 1 unspecified atom stereocenters. The van der Waals surface area contributed by atoms with Gasteiger partial charge in [-0.1, -0.05) is 25.5 Å². The van der Waals surface area contributed by atoms with Crippen LogP contribution in [0.2, 0.25) is 0 Å². The van der Waals surface area contributed by atoms with Crippen molar-refractivity contribution < 1.29 is 9.90 Å². The smallest absolute Gasteiger partial charge is 0.319 e. The van der Waals surface area contributed by atoms with Crippen LogP contribution in [-0.2, 0) is 0 Å². The summed E-state index contributed by atoms with van der Waals surface area (Å²) >= 11 is 0. The minimum atomic E-state index is -0.529. The summed E-state index contributed by atoms with van der Waals surface area (Å²) in [6.07, 6.45) is 4.26. The summed E-state index contributed by atoms with van der Waals surface area (Å²) in [7, 11) is 0. The first-order chi connectivity index (χ1) is 9.54. The van der Waals surface area contributed by atoms with Gasteiger partial charge in [0, 0.05) is 12.2 Å². The highest BCUT2D eigenvalue weighted by Crippen LogP contribution is 2.48. The Balaban J connectivity index is 1.84. The van der Waals surface area contributed by atoms with Gasteiger partial charge in [-0.05, 0) is 49.3 Å². The van der Waals surface area contributed by atoms with E-state index in [1.807, 2.05) is 18.2 Å². The molecule has 110 valence electrons. The highest BCUT2D eigenvalue weighted by atomic mass is 16.3. The summed E-state index contributed by atoms with van der Waals surface area (Å²) in [5.41, 5.74) is 1.86. The van der Waals surface area contributed by atoms with E-state index in [1.54, 1.807) is 13.0 Å². The van der Waals surface area contributed by atoms with Crippen molar-refractivity contribution in [1.82, 2.24) is 5.32 Å². The van der Waals surface area contributed by atoms with Crippen molar-refractivity contribution in [2.75, 3.05) is 11.9 Å². The van der Waals surface area contributed by atoms with Gasteiger partial charge in [-0.2, -0.15) is 0 Å². The van der Waals surface area contributed by atoms with Gasteiger partial charge in [0.25, 0.3) is 0 Å². The van der Waals surface area contributed by atoms with E-state index in [9.17, 15) is 9.90 Å². The average Bonchev–Trinajstić information content (AvgIpc) is 3.17. The fourth-order valence-electron chi connectivity index (χ4n) is 2.54. The number of hydrogen-bond donors (Lipinski definition) is 3. The average molecular weight is 276 g/mol. The Bertz CT molecular complexity index is 467. The minimum Gasteiger partial charge on any atom is -0.389 e. The fraction of sp³-hybridized carbons (Fsp3) is 0.562. The number of anilines is 1. The number of amides is 2. The van der Waals surface area contributed by atoms with Gasteiger partial charge in [0.1, 0.15) is 0 Å². The van der Waals surface area contributed by atoms with Gasteiger partial charge in [0.2, 0.25) is 0 Å². The number of hydrogen-bond acceptors (Lipinski definition) is 2. The number of aliphatic hydroxyl groups is 1. The standard InChI is InChI=1S/C16H24N2O2/c1-3-7-16(8-9-16)11-17-15(20)18-14-6-4-5-13(10-14)12(2)19/h4-6,10,12,19H,3,7-9,11H2,1-2H3,(H2,17,18,20). The lowest BCUT2D eigenvalue weighted by Crippen LogP contribution is -2.33. The van der Waals surface area contributed by atoms with Crippen LogP contribution in [0.25, 0.3) is 0 Å². The van der Waals surface area contributed by atoms with Crippen LogP contribution in [0.4, 0.5) is 10.5 Å². The molecule has 4 heteroatoms. The van der Waals surface area contributed by atoms with Crippen molar-refractivity contribution in [3.8, 4) is 0 Å². The van der Waals surface area contributed by atoms with Crippen molar-refractivity contribution in [1.29, 1.82) is 0 Å². The molecular weight excluding hydrogens is 252 g/mol. The van der Waals surface area contributed by atoms with Gasteiger partial charge in [-0.25, -0.2) is 4.79 Å². The zero-order chi connectivity index (χ0) is 14.6. The van der Waals surface area contributed by atoms with Gasteiger partial charge in [-0.3, -0.25) is 0 Å². The molecular formula is C16H24N2O2. The van der Waals surface area contributed by atoms with Crippen LogP contribution >= 0.6 is 0 Å². The topological polar surface area (TPSA) is 61.4 Å². The summed E-state index contributed by atoms with van der Waals surface area (Å²) in [5.74, 6) is 0. The monoisotopic (exact) mass is 276 g/mol. The number of carbonyl (C=O) groups is 1. The highest BCUT2D eigenvalue weighted by molar-refractivity contribution is 5.89. The van der Waals surface area contributed by atoms with E-state index in [0.717, 1.165) is 12.1 Å². The summed E-state index contributed by atoms with van der Waals surface area (Å²) in [6, 6.07) is 7.12. The second-order valence-corrected chi connectivity index (χ2v) is 5.86. The molecule has 4 nitrogen and oxygen atoms in total. The summed E-state index contributed by atoms with van der Waals surface area (Å²) < 4.78 is 0. The first kappa shape index (κ1) is 14.9. The van der Waals surface area contributed by atoms with Crippen molar-refractivity contribution in [2.45, 2.75) is 45.6 Å². The maximum absolute atomic E-state index is 11.9. The third-order valence-electron chi connectivity index (χ3n) is 3.99. The quantitative estimate of drug-likeness (QED) is 0.745. The second-order valence-electron chi connectivity index (χ2n) is 5.86. The predicted octanol–water partition coefficient (Wildman–Crippen LogP) is 3.44. The maximum atomic E-state index is 11.9. The zero-order valence-corrected chi connectivity index (χ0v) is 12.3. The molecule has 0 aromatic heterocycles. The molecule has 1 fully saturated rings. The summed E-state index contributed by atoms with van der Waals surface area (Å²) in [6.45, 7) is 4.64. The fourth-order valence-corrected chi connectivity index (χ4v) is 2.54. The van der Waals surface area contributed by atoms with Crippen molar-refractivity contribution in [2.24, 2.45) is 5.41 Å². The molecule has 2 amide bonds. The van der Waals surface area contributed by atoms with E-state index >= 15 is 0 Å². The summed E-state index contributed by atoms with van der Waals surface area (Å²) in [4.78, 5) is 11.9. The van der Waals surface area contributed by atoms with Crippen LogP contribution in [-0.4, -0.2) is 17.7 Å². The molecule has 20 heavy (non-hydrogen) atoms.